The molecule has 4 heterocycles. The molecule has 2 saturated heterocycles. The molecule has 4 aliphatic heterocycles. The molecule has 232 valence electrons. The van der Waals surface area contributed by atoms with E-state index in [0.29, 0.717) is 47.1 Å². The summed E-state index contributed by atoms with van der Waals surface area (Å²) in [6, 6.07) is 29.6. The van der Waals surface area contributed by atoms with Crippen LogP contribution in [0.3, 0.4) is 0 Å². The van der Waals surface area contributed by atoms with Gasteiger partial charge in [-0.15, -0.1) is 0 Å². The van der Waals surface area contributed by atoms with Crippen molar-refractivity contribution in [3.8, 4) is 11.5 Å². The molecule has 2 atom stereocenters. The third-order valence-electron chi connectivity index (χ3n) is 9.24. The average molecular weight is 625 g/mol. The number of ether oxygens (including phenoxy) is 3. The van der Waals surface area contributed by atoms with Crippen molar-refractivity contribution >= 4 is 35.1 Å². The van der Waals surface area contributed by atoms with Crippen LogP contribution in [-0.4, -0.2) is 23.8 Å². The topological polar surface area (TPSA) is 102 Å². The van der Waals surface area contributed by atoms with Gasteiger partial charge in [0.15, 0.2) is 0 Å². The second-order valence-electron chi connectivity index (χ2n) is 12.2. The maximum Gasteiger partial charge on any atom is 0.335 e. The normalized spacial score (nSPS) is 22.7. The van der Waals surface area contributed by atoms with E-state index in [2.05, 4.69) is 13.2 Å². The summed E-state index contributed by atoms with van der Waals surface area (Å²) in [6.45, 7) is 8.15. The van der Waals surface area contributed by atoms with Crippen molar-refractivity contribution in [3.05, 3.63) is 144 Å². The molecule has 0 N–H and O–H groups in total. The van der Waals surface area contributed by atoms with Gasteiger partial charge in [0.25, 0.3) is 11.8 Å². The first-order valence-electron chi connectivity index (χ1n) is 15.2. The maximum absolute atomic E-state index is 13.6. The zero-order chi connectivity index (χ0) is 32.5. The summed E-state index contributed by atoms with van der Waals surface area (Å²) >= 11 is 0. The van der Waals surface area contributed by atoms with Crippen molar-refractivity contribution in [1.29, 1.82) is 0 Å². The molecule has 2 fully saturated rings. The highest BCUT2D eigenvalue weighted by atomic mass is 16.6. The Morgan fingerprint density at radius 1 is 0.574 bits per heavy atom. The molecular formula is C38H28N2O7. The zero-order valence-corrected chi connectivity index (χ0v) is 25.2. The van der Waals surface area contributed by atoms with Crippen molar-refractivity contribution in [2.24, 2.45) is 0 Å². The standard InChI is InChI=1S/C38H28N2O7/c1-23-19-37(46-33(23)41)29-7-3-5-9-31(29)39(35(37)43)21-25-11-15-27(16-12-25)45-28-17-13-26(14-18-28)22-40-32-10-6-4-8-30(32)38(36(40)44)20-24(2)34(42)47-38/h3-18H,1-2,19-22H2. The van der Waals surface area contributed by atoms with Crippen LogP contribution >= 0.6 is 0 Å². The average Bonchev–Trinajstić information content (AvgIpc) is 3.71. The zero-order valence-electron chi connectivity index (χ0n) is 25.2. The van der Waals surface area contributed by atoms with Crippen LogP contribution in [0.1, 0.15) is 35.1 Å². The number of anilines is 2. The van der Waals surface area contributed by atoms with Gasteiger partial charge in [0, 0.05) is 35.1 Å². The van der Waals surface area contributed by atoms with Crippen molar-refractivity contribution in [1.82, 2.24) is 0 Å². The number of hydrogen-bond acceptors (Lipinski definition) is 7. The molecule has 2 unspecified atom stereocenters. The Hall–Kier alpha value is -5.96. The van der Waals surface area contributed by atoms with E-state index in [1.165, 1.54) is 0 Å². The number of carbonyl (C=O) groups is 4. The summed E-state index contributed by atoms with van der Waals surface area (Å²) in [5, 5.41) is 0. The SMILES string of the molecule is C=C1CC2(OC1=O)C(=O)N(Cc1ccc(Oc3ccc(CN4C(=O)C5(CC(=C)C(=O)O5)c5ccccc54)cc3)cc1)c1ccccc12. The van der Waals surface area contributed by atoms with E-state index < -0.39 is 23.1 Å². The van der Waals surface area contributed by atoms with E-state index in [-0.39, 0.29) is 35.8 Å². The molecule has 4 aliphatic rings. The van der Waals surface area contributed by atoms with Crippen LogP contribution in [0.25, 0.3) is 0 Å². The van der Waals surface area contributed by atoms with E-state index in [9.17, 15) is 19.2 Å². The smallest absolute Gasteiger partial charge is 0.335 e. The Morgan fingerprint density at radius 2 is 0.957 bits per heavy atom. The number of nitrogens with zero attached hydrogens (tertiary/aromatic N) is 2. The monoisotopic (exact) mass is 624 g/mol. The number of carbonyl (C=O) groups excluding carboxylic acids is 4. The van der Waals surface area contributed by atoms with Gasteiger partial charge in [0.1, 0.15) is 11.5 Å². The molecular weight excluding hydrogens is 596 g/mol. The number of para-hydroxylation sites is 2. The summed E-state index contributed by atoms with van der Waals surface area (Å²) in [7, 11) is 0. The van der Waals surface area contributed by atoms with Crippen LogP contribution in [0.4, 0.5) is 11.4 Å². The lowest BCUT2D eigenvalue weighted by molar-refractivity contribution is -0.156. The van der Waals surface area contributed by atoms with Crippen LogP contribution in [-0.2, 0) is 52.9 Å². The summed E-state index contributed by atoms with van der Waals surface area (Å²) < 4.78 is 17.3. The van der Waals surface area contributed by atoms with Crippen molar-refractivity contribution in [2.75, 3.05) is 9.80 Å². The number of hydrogen-bond donors (Lipinski definition) is 0. The lowest BCUT2D eigenvalue weighted by atomic mass is 9.91. The summed E-state index contributed by atoms with van der Waals surface area (Å²) in [6.07, 6.45) is 0.273. The first-order valence-corrected chi connectivity index (χ1v) is 15.2. The highest BCUT2D eigenvalue weighted by Crippen LogP contribution is 2.51. The number of esters is 2. The van der Waals surface area contributed by atoms with Crippen LogP contribution in [0.5, 0.6) is 11.5 Å². The lowest BCUT2D eigenvalue weighted by Gasteiger charge is -2.22. The molecule has 2 spiro atoms. The Kier molecular flexibility index (Phi) is 6.24. The molecule has 0 aromatic heterocycles. The number of amides is 2. The Morgan fingerprint density at radius 3 is 1.32 bits per heavy atom. The summed E-state index contributed by atoms with van der Waals surface area (Å²) in [5.41, 5.74) is 2.38. The van der Waals surface area contributed by atoms with Gasteiger partial charge in [-0.3, -0.25) is 9.59 Å². The largest absolute Gasteiger partial charge is 0.457 e. The number of benzene rings is 4. The van der Waals surface area contributed by atoms with Gasteiger partial charge in [-0.2, -0.15) is 0 Å². The Bertz CT molecular complexity index is 1870. The van der Waals surface area contributed by atoms with Gasteiger partial charge in [0.05, 0.1) is 24.5 Å². The van der Waals surface area contributed by atoms with Gasteiger partial charge in [-0.1, -0.05) is 73.8 Å². The molecule has 2 amide bonds. The molecule has 0 aliphatic carbocycles. The third-order valence-corrected chi connectivity index (χ3v) is 9.24. The molecule has 4 aromatic carbocycles. The molecule has 0 radical (unpaired) electrons. The fourth-order valence-corrected chi connectivity index (χ4v) is 6.94. The summed E-state index contributed by atoms with van der Waals surface area (Å²) in [4.78, 5) is 55.0. The third kappa shape index (κ3) is 4.30. The van der Waals surface area contributed by atoms with Gasteiger partial charge < -0.3 is 24.0 Å². The lowest BCUT2D eigenvalue weighted by Crippen LogP contribution is -2.39. The molecule has 9 heteroatoms. The van der Waals surface area contributed by atoms with Crippen LogP contribution in [0.15, 0.2) is 121 Å². The van der Waals surface area contributed by atoms with E-state index in [1.54, 1.807) is 9.80 Å². The number of fused-ring (bicyclic) bond motifs is 4. The second-order valence-corrected chi connectivity index (χ2v) is 12.2. The van der Waals surface area contributed by atoms with E-state index >= 15 is 0 Å². The van der Waals surface area contributed by atoms with E-state index in [1.807, 2.05) is 97.1 Å². The molecule has 9 nitrogen and oxygen atoms in total. The van der Waals surface area contributed by atoms with Gasteiger partial charge in [-0.05, 0) is 47.5 Å². The van der Waals surface area contributed by atoms with Gasteiger partial charge in [-0.25, -0.2) is 9.59 Å². The summed E-state index contributed by atoms with van der Waals surface area (Å²) in [5.74, 6) is -0.432. The molecule has 47 heavy (non-hydrogen) atoms. The first kappa shape index (κ1) is 28.5. The molecule has 0 bridgehead atoms. The van der Waals surface area contributed by atoms with E-state index in [0.717, 1.165) is 11.1 Å². The van der Waals surface area contributed by atoms with E-state index in [4.69, 9.17) is 14.2 Å². The van der Waals surface area contributed by atoms with Gasteiger partial charge >= 0.3 is 11.9 Å². The predicted molar refractivity (Wildman–Crippen MR) is 171 cm³/mol. The Labute approximate surface area is 270 Å². The molecule has 4 aromatic rings. The minimum atomic E-state index is -1.36. The highest BCUT2D eigenvalue weighted by Gasteiger charge is 2.59. The fraction of sp³-hybridized carbons (Fsp3) is 0.158. The highest BCUT2D eigenvalue weighted by molar-refractivity contribution is 6.12. The molecule has 0 saturated carbocycles. The minimum absolute atomic E-state index is 0.137. The predicted octanol–water partition coefficient (Wildman–Crippen LogP) is 5.97. The quantitative estimate of drug-likeness (QED) is 0.192. The van der Waals surface area contributed by atoms with Crippen molar-refractivity contribution in [2.45, 2.75) is 37.1 Å². The van der Waals surface area contributed by atoms with Crippen molar-refractivity contribution in [3.63, 3.8) is 0 Å². The fourth-order valence-electron chi connectivity index (χ4n) is 6.94. The second kappa shape index (κ2) is 10.3. The van der Waals surface area contributed by atoms with Crippen LogP contribution < -0.4 is 14.5 Å². The first-order chi connectivity index (χ1) is 22.7. The number of rotatable bonds is 6. The van der Waals surface area contributed by atoms with Crippen LogP contribution in [0.2, 0.25) is 0 Å². The van der Waals surface area contributed by atoms with Gasteiger partial charge in [0.2, 0.25) is 11.2 Å². The molecule has 8 rings (SSSR count). The maximum atomic E-state index is 13.6. The minimum Gasteiger partial charge on any atom is -0.457 e. The van der Waals surface area contributed by atoms with Crippen molar-refractivity contribution < 1.29 is 33.4 Å². The van der Waals surface area contributed by atoms with Crippen LogP contribution in [0, 0.1) is 0 Å². The Balaban J connectivity index is 0.950.